The highest BCUT2D eigenvalue weighted by atomic mass is 16.5. The highest BCUT2D eigenvalue weighted by molar-refractivity contribution is 5.81. The first kappa shape index (κ1) is 18.0. The fourth-order valence-electron chi connectivity index (χ4n) is 3.75. The van der Waals surface area contributed by atoms with E-state index in [2.05, 4.69) is 23.1 Å². The quantitative estimate of drug-likeness (QED) is 0.815. The van der Waals surface area contributed by atoms with Crippen molar-refractivity contribution in [3.63, 3.8) is 0 Å². The number of morpholine rings is 1. The topological polar surface area (TPSA) is 42.0 Å². The van der Waals surface area contributed by atoms with Gasteiger partial charge in [0, 0.05) is 32.7 Å². The fraction of sp³-hybridized carbons (Fsp3) is 0.409. The third kappa shape index (κ3) is 4.49. The number of benzene rings is 2. The van der Waals surface area contributed by atoms with Crippen molar-refractivity contribution in [1.29, 1.82) is 0 Å². The van der Waals surface area contributed by atoms with Gasteiger partial charge in [-0.15, -0.1) is 0 Å². The van der Waals surface area contributed by atoms with Crippen LogP contribution >= 0.6 is 0 Å². The van der Waals surface area contributed by atoms with Crippen molar-refractivity contribution < 1.29 is 14.3 Å². The molecular weight excluding hydrogens is 340 g/mol. The van der Waals surface area contributed by atoms with Crippen molar-refractivity contribution in [3.05, 3.63) is 65.7 Å². The van der Waals surface area contributed by atoms with E-state index in [1.807, 2.05) is 41.3 Å². The third-order valence-corrected chi connectivity index (χ3v) is 5.29. The molecule has 1 amide bonds. The lowest BCUT2D eigenvalue weighted by Crippen LogP contribution is -2.52. The van der Waals surface area contributed by atoms with Crippen molar-refractivity contribution in [2.75, 3.05) is 39.4 Å². The summed E-state index contributed by atoms with van der Waals surface area (Å²) in [4.78, 5) is 17.1. The summed E-state index contributed by atoms with van der Waals surface area (Å²) in [6.45, 7) is 4.93. The van der Waals surface area contributed by atoms with E-state index in [1.165, 1.54) is 11.1 Å². The second-order valence-corrected chi connectivity index (χ2v) is 7.10. The minimum atomic E-state index is -0.374. The third-order valence-electron chi connectivity index (χ3n) is 5.29. The minimum Gasteiger partial charge on any atom is -0.492 e. The maximum absolute atomic E-state index is 12.9. The van der Waals surface area contributed by atoms with Crippen LogP contribution in [0.15, 0.2) is 54.6 Å². The van der Waals surface area contributed by atoms with Crippen molar-refractivity contribution in [2.45, 2.75) is 19.1 Å². The molecule has 0 spiro atoms. The highest BCUT2D eigenvalue weighted by Crippen LogP contribution is 2.20. The minimum absolute atomic E-state index is 0.109. The Bertz CT molecular complexity index is 765. The summed E-state index contributed by atoms with van der Waals surface area (Å²) in [6.07, 6.45) is 0.546. The van der Waals surface area contributed by atoms with Crippen molar-refractivity contribution in [1.82, 2.24) is 9.80 Å². The molecule has 0 bridgehead atoms. The Morgan fingerprint density at radius 1 is 1.04 bits per heavy atom. The lowest BCUT2D eigenvalue weighted by atomic mass is 9.99. The molecule has 0 aliphatic carbocycles. The van der Waals surface area contributed by atoms with Crippen LogP contribution in [-0.2, 0) is 22.5 Å². The number of para-hydroxylation sites is 1. The molecule has 5 heteroatoms. The standard InChI is InChI=1S/C22H26N2O3/c25-22(24-11-10-18-6-4-5-7-19(18)16-24)21-17-23(13-15-27-21)12-14-26-20-8-2-1-3-9-20/h1-9,21H,10-17H2. The number of nitrogens with zero attached hydrogens (tertiary/aromatic N) is 2. The van der Waals surface area contributed by atoms with E-state index in [0.717, 1.165) is 31.8 Å². The van der Waals surface area contributed by atoms with Gasteiger partial charge in [-0.2, -0.15) is 0 Å². The van der Waals surface area contributed by atoms with Crippen LogP contribution in [0.3, 0.4) is 0 Å². The molecule has 0 radical (unpaired) electrons. The molecule has 0 aromatic heterocycles. The van der Waals surface area contributed by atoms with Gasteiger partial charge in [0.15, 0.2) is 0 Å². The molecule has 0 saturated carbocycles. The number of amides is 1. The average molecular weight is 366 g/mol. The molecule has 5 nitrogen and oxygen atoms in total. The Balaban J connectivity index is 1.28. The van der Waals surface area contributed by atoms with Crippen molar-refractivity contribution in [2.24, 2.45) is 0 Å². The molecule has 27 heavy (non-hydrogen) atoms. The number of hydrogen-bond donors (Lipinski definition) is 0. The molecule has 2 heterocycles. The molecule has 1 unspecified atom stereocenters. The van der Waals surface area contributed by atoms with E-state index in [4.69, 9.17) is 9.47 Å². The number of carbonyl (C=O) groups is 1. The van der Waals surface area contributed by atoms with Crippen LogP contribution in [0, 0.1) is 0 Å². The number of hydrogen-bond acceptors (Lipinski definition) is 4. The highest BCUT2D eigenvalue weighted by Gasteiger charge is 2.31. The summed E-state index contributed by atoms with van der Waals surface area (Å²) < 4.78 is 11.6. The van der Waals surface area contributed by atoms with Crippen molar-refractivity contribution >= 4 is 5.91 Å². The lowest BCUT2D eigenvalue weighted by molar-refractivity contribution is -0.150. The molecule has 2 aliphatic heterocycles. The monoisotopic (exact) mass is 366 g/mol. The van der Waals surface area contributed by atoms with Gasteiger partial charge in [0.05, 0.1) is 6.61 Å². The molecule has 4 rings (SSSR count). The Kier molecular flexibility index (Phi) is 5.70. The van der Waals surface area contributed by atoms with Gasteiger partial charge in [-0.05, 0) is 29.7 Å². The number of fused-ring (bicyclic) bond motifs is 1. The predicted octanol–water partition coefficient (Wildman–Crippen LogP) is 2.35. The van der Waals surface area contributed by atoms with Gasteiger partial charge < -0.3 is 14.4 Å². The van der Waals surface area contributed by atoms with Crippen molar-refractivity contribution in [3.8, 4) is 5.75 Å². The van der Waals surface area contributed by atoms with E-state index in [1.54, 1.807) is 0 Å². The maximum Gasteiger partial charge on any atom is 0.253 e. The zero-order valence-electron chi connectivity index (χ0n) is 15.5. The number of carbonyl (C=O) groups excluding carboxylic acids is 1. The molecule has 2 aromatic carbocycles. The number of rotatable bonds is 5. The molecule has 0 N–H and O–H groups in total. The first-order chi connectivity index (χ1) is 13.3. The summed E-state index contributed by atoms with van der Waals surface area (Å²) in [5.41, 5.74) is 2.60. The predicted molar refractivity (Wildman–Crippen MR) is 104 cm³/mol. The smallest absolute Gasteiger partial charge is 0.253 e. The van der Waals surface area contributed by atoms with Gasteiger partial charge in [0.1, 0.15) is 18.5 Å². The summed E-state index contributed by atoms with van der Waals surface area (Å²) in [7, 11) is 0. The van der Waals surface area contributed by atoms with Crippen LogP contribution in [0.5, 0.6) is 5.75 Å². The van der Waals surface area contributed by atoms with Gasteiger partial charge in [0.2, 0.25) is 0 Å². The molecular formula is C22H26N2O3. The van der Waals surface area contributed by atoms with Crippen LogP contribution in [-0.4, -0.2) is 61.2 Å². The zero-order valence-corrected chi connectivity index (χ0v) is 15.5. The molecule has 1 fully saturated rings. The summed E-state index contributed by atoms with van der Waals surface area (Å²) >= 11 is 0. The molecule has 1 saturated heterocycles. The first-order valence-electron chi connectivity index (χ1n) is 9.67. The molecule has 142 valence electrons. The Labute approximate surface area is 160 Å². The molecule has 1 atom stereocenters. The van der Waals surface area contributed by atoms with Gasteiger partial charge in [-0.25, -0.2) is 0 Å². The van der Waals surface area contributed by atoms with Crippen LogP contribution in [0.25, 0.3) is 0 Å². The van der Waals surface area contributed by atoms with E-state index < -0.39 is 0 Å². The summed E-state index contributed by atoms with van der Waals surface area (Å²) in [6, 6.07) is 18.2. The van der Waals surface area contributed by atoms with Gasteiger partial charge in [0.25, 0.3) is 5.91 Å². The maximum atomic E-state index is 12.9. The Morgan fingerprint density at radius 2 is 1.81 bits per heavy atom. The molecule has 2 aromatic rings. The average Bonchev–Trinajstić information content (AvgIpc) is 2.74. The normalized spacial score (nSPS) is 20.1. The van der Waals surface area contributed by atoms with E-state index in [9.17, 15) is 4.79 Å². The second-order valence-electron chi connectivity index (χ2n) is 7.10. The summed E-state index contributed by atoms with van der Waals surface area (Å²) in [5.74, 6) is 0.989. The SMILES string of the molecule is O=C(C1CN(CCOc2ccccc2)CCO1)N1CCc2ccccc2C1. The van der Waals surface area contributed by atoms with Crippen LogP contribution in [0.4, 0.5) is 0 Å². The van der Waals surface area contributed by atoms with Crippen LogP contribution < -0.4 is 4.74 Å². The second kappa shape index (κ2) is 8.55. The number of ether oxygens (including phenoxy) is 2. The van der Waals surface area contributed by atoms with Crippen LogP contribution in [0.1, 0.15) is 11.1 Å². The largest absolute Gasteiger partial charge is 0.492 e. The first-order valence-corrected chi connectivity index (χ1v) is 9.67. The Hall–Kier alpha value is -2.37. The molecule has 2 aliphatic rings. The van der Waals surface area contributed by atoms with Crippen LogP contribution in [0.2, 0.25) is 0 Å². The fourth-order valence-corrected chi connectivity index (χ4v) is 3.75. The van der Waals surface area contributed by atoms with E-state index in [0.29, 0.717) is 26.3 Å². The van der Waals surface area contributed by atoms with Gasteiger partial charge >= 0.3 is 0 Å². The van der Waals surface area contributed by atoms with E-state index in [-0.39, 0.29) is 12.0 Å². The summed E-state index contributed by atoms with van der Waals surface area (Å²) in [5, 5.41) is 0. The Morgan fingerprint density at radius 3 is 2.67 bits per heavy atom. The van der Waals surface area contributed by atoms with Gasteiger partial charge in [-0.3, -0.25) is 9.69 Å². The van der Waals surface area contributed by atoms with E-state index >= 15 is 0 Å². The zero-order chi connectivity index (χ0) is 18.5. The lowest BCUT2D eigenvalue weighted by Gasteiger charge is -2.36. The van der Waals surface area contributed by atoms with Gasteiger partial charge in [-0.1, -0.05) is 42.5 Å².